The summed E-state index contributed by atoms with van der Waals surface area (Å²) in [6, 6.07) is 0. The van der Waals surface area contributed by atoms with Crippen molar-refractivity contribution < 1.29 is 9.90 Å². The van der Waals surface area contributed by atoms with Crippen molar-refractivity contribution in [3.8, 4) is 0 Å². The fourth-order valence-corrected chi connectivity index (χ4v) is 4.42. The number of hydrogen-bond acceptors (Lipinski definition) is 2. The van der Waals surface area contributed by atoms with Crippen LogP contribution in [0.25, 0.3) is 0 Å². The predicted octanol–water partition coefficient (Wildman–Crippen LogP) is 2.22. The maximum atomic E-state index is 11.1. The molecule has 2 bridgehead atoms. The molecule has 3 nitrogen and oxygen atoms in total. The van der Waals surface area contributed by atoms with Gasteiger partial charge in [-0.3, -0.25) is 4.79 Å². The number of carboxylic acid groups (broad SMARTS) is 1. The van der Waals surface area contributed by atoms with Gasteiger partial charge in [-0.15, -0.1) is 0 Å². The molecule has 92 valence electrons. The molecule has 0 radical (unpaired) electrons. The van der Waals surface area contributed by atoms with Crippen LogP contribution in [0.1, 0.15) is 39.5 Å². The first-order chi connectivity index (χ1) is 7.36. The Morgan fingerprint density at radius 2 is 1.81 bits per heavy atom. The molecule has 16 heavy (non-hydrogen) atoms. The molecule has 2 atom stereocenters. The van der Waals surface area contributed by atoms with Crippen molar-refractivity contribution in [3.63, 3.8) is 0 Å². The SMILES string of the molecule is CN1CC2(C)CCCC(C)(C1)C2CC(=O)O. The fraction of sp³-hybridized carbons (Fsp3) is 0.923. The number of carbonyl (C=O) groups is 1. The van der Waals surface area contributed by atoms with Gasteiger partial charge in [0.1, 0.15) is 0 Å². The molecular weight excluding hydrogens is 202 g/mol. The molecule has 3 heteroatoms. The van der Waals surface area contributed by atoms with E-state index in [1.807, 2.05) is 0 Å². The van der Waals surface area contributed by atoms with Gasteiger partial charge in [-0.05, 0) is 36.6 Å². The van der Waals surface area contributed by atoms with Crippen LogP contribution in [0.3, 0.4) is 0 Å². The van der Waals surface area contributed by atoms with Gasteiger partial charge in [0.2, 0.25) is 0 Å². The molecule has 1 heterocycles. The van der Waals surface area contributed by atoms with E-state index in [-0.39, 0.29) is 10.8 Å². The van der Waals surface area contributed by atoms with E-state index in [2.05, 4.69) is 25.8 Å². The van der Waals surface area contributed by atoms with E-state index in [0.717, 1.165) is 13.1 Å². The zero-order valence-corrected chi connectivity index (χ0v) is 10.6. The third-order valence-corrected chi connectivity index (χ3v) is 4.82. The summed E-state index contributed by atoms with van der Waals surface area (Å²) in [5, 5.41) is 9.10. The monoisotopic (exact) mass is 225 g/mol. The summed E-state index contributed by atoms with van der Waals surface area (Å²) in [5.41, 5.74) is 0.413. The van der Waals surface area contributed by atoms with E-state index >= 15 is 0 Å². The standard InChI is InChI=1S/C13H23NO2/c1-12-5-4-6-13(2,9-14(3)8-12)10(12)7-11(15)16/h10H,4-9H2,1-3H3,(H,15,16). The summed E-state index contributed by atoms with van der Waals surface area (Å²) < 4.78 is 0. The molecule has 0 spiro atoms. The third kappa shape index (κ3) is 1.86. The lowest BCUT2D eigenvalue weighted by atomic mass is 9.52. The second-order valence-corrected chi connectivity index (χ2v) is 6.48. The van der Waals surface area contributed by atoms with Crippen molar-refractivity contribution in [1.29, 1.82) is 0 Å². The van der Waals surface area contributed by atoms with Gasteiger partial charge in [-0.25, -0.2) is 0 Å². The van der Waals surface area contributed by atoms with Crippen molar-refractivity contribution in [3.05, 3.63) is 0 Å². The molecule has 2 fully saturated rings. The number of carboxylic acids is 1. The Morgan fingerprint density at radius 3 is 2.25 bits per heavy atom. The van der Waals surface area contributed by atoms with Gasteiger partial charge in [-0.2, -0.15) is 0 Å². The number of aliphatic carboxylic acids is 1. The second-order valence-electron chi connectivity index (χ2n) is 6.48. The molecule has 1 aliphatic carbocycles. The van der Waals surface area contributed by atoms with E-state index in [0.29, 0.717) is 12.3 Å². The van der Waals surface area contributed by atoms with Crippen LogP contribution in [0.2, 0.25) is 0 Å². The van der Waals surface area contributed by atoms with Crippen LogP contribution in [0, 0.1) is 16.7 Å². The van der Waals surface area contributed by atoms with Gasteiger partial charge in [0, 0.05) is 19.5 Å². The van der Waals surface area contributed by atoms with Crippen molar-refractivity contribution in [2.45, 2.75) is 39.5 Å². The molecule has 1 N–H and O–H groups in total. The second kappa shape index (κ2) is 3.73. The molecule has 2 aliphatic rings. The zero-order valence-electron chi connectivity index (χ0n) is 10.6. The van der Waals surface area contributed by atoms with Gasteiger partial charge >= 0.3 is 5.97 Å². The Hall–Kier alpha value is -0.570. The first-order valence-corrected chi connectivity index (χ1v) is 6.26. The van der Waals surface area contributed by atoms with Crippen LogP contribution in [-0.2, 0) is 4.79 Å². The van der Waals surface area contributed by atoms with Gasteiger partial charge in [-0.1, -0.05) is 20.3 Å². The Morgan fingerprint density at radius 1 is 1.31 bits per heavy atom. The Labute approximate surface area is 97.8 Å². The van der Waals surface area contributed by atoms with Crippen LogP contribution in [0.15, 0.2) is 0 Å². The van der Waals surface area contributed by atoms with Crippen molar-refractivity contribution in [2.24, 2.45) is 16.7 Å². The minimum absolute atomic E-state index is 0.207. The molecule has 0 amide bonds. The van der Waals surface area contributed by atoms with E-state index < -0.39 is 5.97 Å². The average molecular weight is 225 g/mol. The normalized spacial score (nSPS) is 44.3. The van der Waals surface area contributed by atoms with Gasteiger partial charge in [0.15, 0.2) is 0 Å². The van der Waals surface area contributed by atoms with E-state index in [9.17, 15) is 4.79 Å². The Kier molecular flexibility index (Phi) is 2.77. The highest BCUT2D eigenvalue weighted by Gasteiger charge is 2.53. The Bertz CT molecular complexity index is 284. The van der Waals surface area contributed by atoms with Crippen LogP contribution in [-0.4, -0.2) is 36.1 Å². The van der Waals surface area contributed by atoms with E-state index in [1.165, 1.54) is 19.3 Å². The van der Waals surface area contributed by atoms with Gasteiger partial charge < -0.3 is 10.0 Å². The molecule has 2 unspecified atom stereocenters. The highest BCUT2D eigenvalue weighted by atomic mass is 16.4. The minimum atomic E-state index is -0.631. The van der Waals surface area contributed by atoms with Crippen LogP contribution in [0.4, 0.5) is 0 Å². The summed E-state index contributed by atoms with van der Waals surface area (Å²) in [7, 11) is 2.17. The van der Waals surface area contributed by atoms with Crippen LogP contribution < -0.4 is 0 Å². The number of nitrogens with zero attached hydrogens (tertiary/aromatic N) is 1. The topological polar surface area (TPSA) is 40.5 Å². The summed E-state index contributed by atoms with van der Waals surface area (Å²) in [4.78, 5) is 13.4. The zero-order chi connectivity index (χ0) is 12.0. The number of rotatable bonds is 2. The van der Waals surface area contributed by atoms with Crippen molar-refractivity contribution >= 4 is 5.97 Å². The van der Waals surface area contributed by atoms with E-state index in [1.54, 1.807) is 0 Å². The predicted molar refractivity (Wildman–Crippen MR) is 63.3 cm³/mol. The largest absolute Gasteiger partial charge is 0.481 e. The minimum Gasteiger partial charge on any atom is -0.481 e. The molecule has 1 saturated carbocycles. The lowest BCUT2D eigenvalue weighted by molar-refractivity contribution is -0.148. The smallest absolute Gasteiger partial charge is 0.303 e. The van der Waals surface area contributed by atoms with Crippen molar-refractivity contribution in [1.82, 2.24) is 4.90 Å². The lowest BCUT2D eigenvalue weighted by Crippen LogP contribution is -2.58. The highest BCUT2D eigenvalue weighted by molar-refractivity contribution is 5.67. The molecule has 2 rings (SSSR count). The number of piperidine rings is 1. The summed E-state index contributed by atoms with van der Waals surface area (Å²) in [5.74, 6) is -0.281. The maximum Gasteiger partial charge on any atom is 0.303 e. The number of hydrogen-bond donors (Lipinski definition) is 1. The lowest BCUT2D eigenvalue weighted by Gasteiger charge is -2.58. The first kappa shape index (κ1) is 11.9. The summed E-state index contributed by atoms with van der Waals surface area (Å²) >= 11 is 0. The fourth-order valence-electron chi connectivity index (χ4n) is 4.42. The van der Waals surface area contributed by atoms with Gasteiger partial charge in [0.05, 0.1) is 0 Å². The highest BCUT2D eigenvalue weighted by Crippen LogP contribution is 2.56. The first-order valence-electron chi connectivity index (χ1n) is 6.26. The molecule has 1 saturated heterocycles. The Balaban J connectivity index is 2.29. The van der Waals surface area contributed by atoms with Crippen LogP contribution in [0.5, 0.6) is 0 Å². The third-order valence-electron chi connectivity index (χ3n) is 4.82. The quantitative estimate of drug-likeness (QED) is 0.783. The molecule has 1 aliphatic heterocycles. The van der Waals surface area contributed by atoms with Gasteiger partial charge in [0.25, 0.3) is 0 Å². The number of fused-ring (bicyclic) bond motifs is 2. The molecule has 0 aromatic heterocycles. The molecular formula is C13H23NO2. The summed E-state index contributed by atoms with van der Waals surface area (Å²) in [6.45, 7) is 6.68. The average Bonchev–Trinajstić information content (AvgIpc) is 2.08. The van der Waals surface area contributed by atoms with E-state index in [4.69, 9.17) is 5.11 Å². The van der Waals surface area contributed by atoms with Crippen molar-refractivity contribution in [2.75, 3.05) is 20.1 Å². The number of likely N-dealkylation sites (tertiary alicyclic amines) is 1. The van der Waals surface area contributed by atoms with Crippen LogP contribution >= 0.6 is 0 Å². The maximum absolute atomic E-state index is 11.1. The molecule has 0 aromatic carbocycles. The summed E-state index contributed by atoms with van der Waals surface area (Å²) in [6.07, 6.45) is 3.98. The molecule has 0 aromatic rings.